The van der Waals surface area contributed by atoms with Gasteiger partial charge in [0.25, 0.3) is 5.56 Å². The summed E-state index contributed by atoms with van der Waals surface area (Å²) in [6.45, 7) is 3.25. The Morgan fingerprint density at radius 2 is 2.13 bits per heavy atom. The summed E-state index contributed by atoms with van der Waals surface area (Å²) in [5.41, 5.74) is 0.0857. The maximum absolute atomic E-state index is 12.1. The highest BCUT2D eigenvalue weighted by atomic mass is 16.5. The van der Waals surface area contributed by atoms with E-state index in [4.69, 9.17) is 10.00 Å². The summed E-state index contributed by atoms with van der Waals surface area (Å²) in [4.78, 5) is 26.8. The van der Waals surface area contributed by atoms with Crippen LogP contribution in [-0.4, -0.2) is 23.5 Å². The minimum Gasteiger partial charge on any atom is -0.497 e. The molecule has 6 nitrogen and oxygen atoms in total. The highest BCUT2D eigenvalue weighted by molar-refractivity contribution is 5.81. The van der Waals surface area contributed by atoms with Gasteiger partial charge in [0.05, 0.1) is 18.7 Å². The minimum atomic E-state index is -0.913. The standard InChI is InChI=1S/C17H19N3O3/c1-17(2,10-18)20-15(21)7-5-12-8-11-4-6-13(23-3)9-14(11)19-16(12)22/h4,6,8-9H,5,7H2,1-3H3,(H,19,22)(H,20,21). The molecule has 0 atom stereocenters. The number of H-pyrrole nitrogens is 1. The summed E-state index contributed by atoms with van der Waals surface area (Å²) in [5, 5.41) is 12.4. The number of nitrogens with zero attached hydrogens (tertiary/aromatic N) is 1. The number of pyridine rings is 1. The molecule has 0 spiro atoms. The van der Waals surface area contributed by atoms with Gasteiger partial charge >= 0.3 is 0 Å². The normalized spacial score (nSPS) is 11.0. The molecule has 0 saturated heterocycles. The van der Waals surface area contributed by atoms with Crippen LogP contribution in [0, 0.1) is 11.3 Å². The van der Waals surface area contributed by atoms with E-state index in [0.717, 1.165) is 5.39 Å². The maximum atomic E-state index is 12.1. The number of carbonyl (C=O) groups is 1. The van der Waals surface area contributed by atoms with Crippen molar-refractivity contribution in [2.75, 3.05) is 7.11 Å². The number of nitrogens with one attached hydrogen (secondary N) is 2. The van der Waals surface area contributed by atoms with Crippen molar-refractivity contribution in [1.29, 1.82) is 5.26 Å². The largest absolute Gasteiger partial charge is 0.497 e. The van der Waals surface area contributed by atoms with Crippen LogP contribution in [-0.2, 0) is 11.2 Å². The molecule has 2 rings (SSSR count). The molecular formula is C17H19N3O3. The predicted molar refractivity (Wildman–Crippen MR) is 87.3 cm³/mol. The van der Waals surface area contributed by atoms with Crippen molar-refractivity contribution in [3.05, 3.63) is 40.2 Å². The van der Waals surface area contributed by atoms with Gasteiger partial charge in [-0.3, -0.25) is 9.59 Å². The number of aromatic amines is 1. The molecule has 0 aliphatic heterocycles. The molecule has 0 bridgehead atoms. The Balaban J connectivity index is 2.15. The molecule has 1 aromatic carbocycles. The van der Waals surface area contributed by atoms with Gasteiger partial charge in [0.2, 0.25) is 5.91 Å². The average molecular weight is 313 g/mol. The average Bonchev–Trinajstić information content (AvgIpc) is 2.52. The predicted octanol–water partition coefficient (Wildman–Crippen LogP) is 1.89. The van der Waals surface area contributed by atoms with Crippen LogP contribution < -0.4 is 15.6 Å². The van der Waals surface area contributed by atoms with Crippen molar-refractivity contribution >= 4 is 16.8 Å². The first-order chi connectivity index (χ1) is 10.8. The molecule has 2 N–H and O–H groups in total. The number of aryl methyl sites for hydroxylation is 1. The summed E-state index contributed by atoms with van der Waals surface area (Å²) in [7, 11) is 1.56. The van der Waals surface area contributed by atoms with Gasteiger partial charge in [-0.15, -0.1) is 0 Å². The molecule has 1 amide bonds. The van der Waals surface area contributed by atoms with Gasteiger partial charge in [-0.2, -0.15) is 5.26 Å². The fourth-order valence-corrected chi connectivity index (χ4v) is 2.23. The summed E-state index contributed by atoms with van der Waals surface area (Å²) in [5.74, 6) is 0.407. The Labute approximate surface area is 134 Å². The van der Waals surface area contributed by atoms with Crippen LogP contribution in [0.2, 0.25) is 0 Å². The number of nitriles is 1. The zero-order chi connectivity index (χ0) is 17.0. The third kappa shape index (κ3) is 4.10. The molecule has 23 heavy (non-hydrogen) atoms. The Kier molecular flexibility index (Phi) is 4.70. The molecule has 0 fully saturated rings. The Hall–Kier alpha value is -2.81. The molecule has 0 aliphatic carbocycles. The lowest BCUT2D eigenvalue weighted by molar-refractivity contribution is -0.122. The Morgan fingerprint density at radius 1 is 1.39 bits per heavy atom. The first-order valence-electron chi connectivity index (χ1n) is 7.27. The minimum absolute atomic E-state index is 0.149. The van der Waals surface area contributed by atoms with Gasteiger partial charge in [0, 0.05) is 18.1 Å². The summed E-state index contributed by atoms with van der Waals surface area (Å²) in [6.07, 6.45) is 0.459. The molecule has 0 aliphatic rings. The van der Waals surface area contributed by atoms with E-state index in [1.165, 1.54) is 0 Å². The highest BCUT2D eigenvalue weighted by Crippen LogP contribution is 2.18. The number of rotatable bonds is 5. The number of hydrogen-bond donors (Lipinski definition) is 2. The van der Waals surface area contributed by atoms with Crippen LogP contribution in [0.3, 0.4) is 0 Å². The van der Waals surface area contributed by atoms with E-state index in [2.05, 4.69) is 10.3 Å². The number of ether oxygens (including phenoxy) is 1. The van der Waals surface area contributed by atoms with Crippen LogP contribution in [0.15, 0.2) is 29.1 Å². The molecule has 120 valence electrons. The number of hydrogen-bond acceptors (Lipinski definition) is 4. The van der Waals surface area contributed by atoms with Gasteiger partial charge in [-0.1, -0.05) is 0 Å². The fraction of sp³-hybridized carbons (Fsp3) is 0.353. The van der Waals surface area contributed by atoms with Crippen molar-refractivity contribution in [1.82, 2.24) is 10.3 Å². The van der Waals surface area contributed by atoms with Gasteiger partial charge in [-0.05, 0) is 43.9 Å². The van der Waals surface area contributed by atoms with Crippen molar-refractivity contribution in [2.24, 2.45) is 0 Å². The lowest BCUT2D eigenvalue weighted by Crippen LogP contribution is -2.42. The third-order valence-corrected chi connectivity index (χ3v) is 3.48. The zero-order valence-electron chi connectivity index (χ0n) is 13.4. The monoisotopic (exact) mass is 313 g/mol. The smallest absolute Gasteiger partial charge is 0.251 e. The second kappa shape index (κ2) is 6.53. The number of methoxy groups -OCH3 is 1. The van der Waals surface area contributed by atoms with Crippen LogP contribution in [0.4, 0.5) is 0 Å². The van der Waals surface area contributed by atoms with E-state index >= 15 is 0 Å². The second-order valence-electron chi connectivity index (χ2n) is 5.86. The molecule has 0 saturated carbocycles. The van der Waals surface area contributed by atoms with Crippen molar-refractivity contribution in [3.63, 3.8) is 0 Å². The molecular weight excluding hydrogens is 294 g/mol. The summed E-state index contributed by atoms with van der Waals surface area (Å²) < 4.78 is 5.13. The van der Waals surface area contributed by atoms with E-state index in [9.17, 15) is 9.59 Å². The van der Waals surface area contributed by atoms with E-state index in [1.807, 2.05) is 18.2 Å². The molecule has 2 aromatic rings. The molecule has 1 heterocycles. The van der Waals surface area contributed by atoms with Gasteiger partial charge in [0.1, 0.15) is 11.3 Å². The van der Waals surface area contributed by atoms with E-state index in [-0.39, 0.29) is 17.9 Å². The van der Waals surface area contributed by atoms with E-state index in [1.54, 1.807) is 33.1 Å². The number of amides is 1. The number of fused-ring (bicyclic) bond motifs is 1. The lowest BCUT2D eigenvalue weighted by Gasteiger charge is -2.17. The second-order valence-corrected chi connectivity index (χ2v) is 5.86. The number of carbonyl (C=O) groups excluding carboxylic acids is 1. The molecule has 0 radical (unpaired) electrons. The first-order valence-corrected chi connectivity index (χ1v) is 7.27. The summed E-state index contributed by atoms with van der Waals surface area (Å²) in [6, 6.07) is 9.20. The van der Waals surface area contributed by atoms with Crippen molar-refractivity contribution < 1.29 is 9.53 Å². The highest BCUT2D eigenvalue weighted by Gasteiger charge is 2.19. The van der Waals surface area contributed by atoms with Crippen molar-refractivity contribution in [2.45, 2.75) is 32.2 Å². The SMILES string of the molecule is COc1ccc2cc(CCC(=O)NC(C)(C)C#N)c(=O)[nH]c2c1. The lowest BCUT2D eigenvalue weighted by atomic mass is 10.1. The van der Waals surface area contributed by atoms with Gasteiger partial charge in [-0.25, -0.2) is 0 Å². The first kappa shape index (κ1) is 16.6. The van der Waals surface area contributed by atoms with E-state index in [0.29, 0.717) is 23.3 Å². The Morgan fingerprint density at radius 3 is 2.78 bits per heavy atom. The molecule has 1 aromatic heterocycles. The van der Waals surface area contributed by atoms with Crippen LogP contribution in [0.1, 0.15) is 25.8 Å². The fourth-order valence-electron chi connectivity index (χ4n) is 2.23. The summed E-state index contributed by atoms with van der Waals surface area (Å²) >= 11 is 0. The third-order valence-electron chi connectivity index (χ3n) is 3.48. The zero-order valence-corrected chi connectivity index (χ0v) is 13.4. The number of aromatic nitrogens is 1. The quantitative estimate of drug-likeness (QED) is 0.881. The topological polar surface area (TPSA) is 95.0 Å². The van der Waals surface area contributed by atoms with E-state index < -0.39 is 5.54 Å². The van der Waals surface area contributed by atoms with Crippen LogP contribution in [0.25, 0.3) is 10.9 Å². The number of benzene rings is 1. The van der Waals surface area contributed by atoms with Crippen molar-refractivity contribution in [3.8, 4) is 11.8 Å². The Bertz CT molecular complexity index is 831. The van der Waals surface area contributed by atoms with Crippen LogP contribution in [0.5, 0.6) is 5.75 Å². The maximum Gasteiger partial charge on any atom is 0.251 e. The molecule has 6 heteroatoms. The van der Waals surface area contributed by atoms with Gasteiger partial charge in [0.15, 0.2) is 0 Å². The van der Waals surface area contributed by atoms with Gasteiger partial charge < -0.3 is 15.0 Å². The van der Waals surface area contributed by atoms with Crippen LogP contribution >= 0.6 is 0 Å². The molecule has 0 unspecified atom stereocenters.